The van der Waals surface area contributed by atoms with E-state index in [2.05, 4.69) is 20.5 Å². The number of morpholine rings is 1. The summed E-state index contributed by atoms with van der Waals surface area (Å²) in [7, 11) is 0. The standard InChI is InChI=1S/C22H22N4O3S/c27-20(14-16-4-2-1-3-5-16)25-22-24-19(15-30-22)21(28)23-17-6-8-18(9-7-17)26-10-12-29-13-11-26/h1-9,15H,10-14H2,(H,23,28)(H,24,25,27). The fourth-order valence-electron chi connectivity index (χ4n) is 3.15. The van der Waals surface area contributed by atoms with E-state index in [4.69, 9.17) is 4.74 Å². The highest BCUT2D eigenvalue weighted by Gasteiger charge is 2.14. The Hall–Kier alpha value is -3.23. The summed E-state index contributed by atoms with van der Waals surface area (Å²) in [4.78, 5) is 31.1. The van der Waals surface area contributed by atoms with E-state index < -0.39 is 0 Å². The van der Waals surface area contributed by atoms with Gasteiger partial charge in [0.1, 0.15) is 5.69 Å². The third-order valence-electron chi connectivity index (χ3n) is 4.69. The van der Waals surface area contributed by atoms with Crippen molar-refractivity contribution in [1.29, 1.82) is 0 Å². The molecule has 0 saturated carbocycles. The molecule has 1 fully saturated rings. The molecule has 1 aliphatic heterocycles. The summed E-state index contributed by atoms with van der Waals surface area (Å²) in [6.07, 6.45) is 0.261. The Kier molecular flexibility index (Phi) is 6.36. The van der Waals surface area contributed by atoms with E-state index >= 15 is 0 Å². The number of amides is 2. The van der Waals surface area contributed by atoms with Crippen LogP contribution in [0.2, 0.25) is 0 Å². The predicted octanol–water partition coefficient (Wildman–Crippen LogP) is 3.41. The van der Waals surface area contributed by atoms with E-state index in [0.29, 0.717) is 10.8 Å². The van der Waals surface area contributed by atoms with E-state index in [1.165, 1.54) is 11.3 Å². The summed E-state index contributed by atoms with van der Waals surface area (Å²) in [6.45, 7) is 3.19. The van der Waals surface area contributed by atoms with Gasteiger partial charge < -0.3 is 20.3 Å². The minimum atomic E-state index is -0.311. The molecule has 1 aromatic heterocycles. The minimum Gasteiger partial charge on any atom is -0.378 e. The first-order valence-electron chi connectivity index (χ1n) is 9.71. The molecule has 0 bridgehead atoms. The van der Waals surface area contributed by atoms with E-state index in [0.717, 1.165) is 37.6 Å². The van der Waals surface area contributed by atoms with E-state index in [-0.39, 0.29) is 23.9 Å². The molecule has 2 amide bonds. The van der Waals surface area contributed by atoms with Crippen LogP contribution in [0.3, 0.4) is 0 Å². The largest absolute Gasteiger partial charge is 0.378 e. The van der Waals surface area contributed by atoms with Gasteiger partial charge in [-0.3, -0.25) is 9.59 Å². The van der Waals surface area contributed by atoms with Crippen molar-refractivity contribution in [2.24, 2.45) is 0 Å². The molecule has 0 aliphatic carbocycles. The number of thiazole rings is 1. The van der Waals surface area contributed by atoms with Gasteiger partial charge in [-0.2, -0.15) is 0 Å². The van der Waals surface area contributed by atoms with E-state index in [9.17, 15) is 9.59 Å². The Balaban J connectivity index is 1.32. The number of hydrogen-bond acceptors (Lipinski definition) is 6. The third-order valence-corrected chi connectivity index (χ3v) is 5.45. The second-order valence-corrected chi connectivity index (χ2v) is 7.71. The number of nitrogens with one attached hydrogen (secondary N) is 2. The Morgan fingerprint density at radius 1 is 1.00 bits per heavy atom. The van der Waals surface area contributed by atoms with Crippen molar-refractivity contribution in [3.63, 3.8) is 0 Å². The molecular weight excluding hydrogens is 400 g/mol. The number of hydrogen-bond donors (Lipinski definition) is 2. The van der Waals surface area contributed by atoms with Gasteiger partial charge in [-0.15, -0.1) is 11.3 Å². The normalized spacial score (nSPS) is 13.7. The number of rotatable bonds is 6. The highest BCUT2D eigenvalue weighted by Crippen LogP contribution is 2.21. The highest BCUT2D eigenvalue weighted by molar-refractivity contribution is 7.14. The molecule has 154 valence electrons. The van der Waals surface area contributed by atoms with Crippen LogP contribution in [0, 0.1) is 0 Å². The second-order valence-electron chi connectivity index (χ2n) is 6.85. The van der Waals surface area contributed by atoms with Gasteiger partial charge in [0, 0.05) is 29.8 Å². The topological polar surface area (TPSA) is 83.6 Å². The molecule has 0 unspecified atom stereocenters. The van der Waals surface area contributed by atoms with Gasteiger partial charge in [0.15, 0.2) is 5.13 Å². The van der Waals surface area contributed by atoms with Crippen LogP contribution < -0.4 is 15.5 Å². The average molecular weight is 423 g/mol. The lowest BCUT2D eigenvalue weighted by molar-refractivity contribution is -0.115. The van der Waals surface area contributed by atoms with Gasteiger partial charge >= 0.3 is 0 Å². The first-order chi connectivity index (χ1) is 14.7. The molecule has 0 atom stereocenters. The van der Waals surface area contributed by atoms with Crippen molar-refractivity contribution < 1.29 is 14.3 Å². The maximum Gasteiger partial charge on any atom is 0.275 e. The molecule has 2 heterocycles. The number of anilines is 3. The number of ether oxygens (including phenoxy) is 1. The molecule has 3 aromatic rings. The maximum absolute atomic E-state index is 12.5. The number of aromatic nitrogens is 1. The summed E-state index contributed by atoms with van der Waals surface area (Å²) in [5.74, 6) is -0.477. The van der Waals surface area contributed by atoms with Gasteiger partial charge in [-0.25, -0.2) is 4.98 Å². The molecule has 2 aromatic carbocycles. The third kappa shape index (κ3) is 5.22. The van der Waals surface area contributed by atoms with Crippen LogP contribution in [0.25, 0.3) is 0 Å². The highest BCUT2D eigenvalue weighted by atomic mass is 32.1. The molecule has 0 spiro atoms. The summed E-state index contributed by atoms with van der Waals surface area (Å²) < 4.78 is 5.37. The van der Waals surface area contributed by atoms with Crippen LogP contribution in [0.4, 0.5) is 16.5 Å². The Morgan fingerprint density at radius 2 is 1.73 bits per heavy atom. The van der Waals surface area contributed by atoms with Crippen LogP contribution in [0.5, 0.6) is 0 Å². The Morgan fingerprint density at radius 3 is 2.47 bits per heavy atom. The molecular formula is C22H22N4O3S. The fraction of sp³-hybridized carbons (Fsp3) is 0.227. The number of benzene rings is 2. The lowest BCUT2D eigenvalue weighted by Crippen LogP contribution is -2.36. The number of nitrogens with zero attached hydrogens (tertiary/aromatic N) is 2. The minimum absolute atomic E-state index is 0.166. The molecule has 4 rings (SSSR count). The van der Waals surface area contributed by atoms with Gasteiger partial charge in [0.25, 0.3) is 5.91 Å². The van der Waals surface area contributed by atoms with Gasteiger partial charge in [-0.1, -0.05) is 30.3 Å². The van der Waals surface area contributed by atoms with Gasteiger partial charge in [0.2, 0.25) is 5.91 Å². The number of carbonyl (C=O) groups is 2. The van der Waals surface area contributed by atoms with Gasteiger partial charge in [0.05, 0.1) is 19.6 Å². The smallest absolute Gasteiger partial charge is 0.275 e. The summed E-state index contributed by atoms with van der Waals surface area (Å²) in [5.41, 5.74) is 2.99. The summed E-state index contributed by atoms with van der Waals surface area (Å²) in [5, 5.41) is 7.63. The van der Waals surface area contributed by atoms with Crippen LogP contribution in [0.15, 0.2) is 60.0 Å². The van der Waals surface area contributed by atoms with Crippen molar-refractivity contribution in [1.82, 2.24) is 4.98 Å². The second kappa shape index (κ2) is 9.51. The SMILES string of the molecule is O=C(Cc1ccccc1)Nc1nc(C(=O)Nc2ccc(N3CCOCC3)cc2)cs1. The predicted molar refractivity (Wildman–Crippen MR) is 118 cm³/mol. The molecule has 2 N–H and O–H groups in total. The monoisotopic (exact) mass is 422 g/mol. The van der Waals surface area contributed by atoms with Crippen molar-refractivity contribution >= 4 is 39.7 Å². The van der Waals surface area contributed by atoms with Crippen LogP contribution in [0.1, 0.15) is 16.1 Å². The van der Waals surface area contributed by atoms with E-state index in [1.54, 1.807) is 5.38 Å². The van der Waals surface area contributed by atoms with Crippen molar-refractivity contribution in [2.45, 2.75) is 6.42 Å². The molecule has 7 nitrogen and oxygen atoms in total. The summed E-state index contributed by atoms with van der Waals surface area (Å²) in [6, 6.07) is 17.2. The Labute approximate surface area is 178 Å². The lowest BCUT2D eigenvalue weighted by Gasteiger charge is -2.28. The quantitative estimate of drug-likeness (QED) is 0.636. The maximum atomic E-state index is 12.5. The zero-order valence-electron chi connectivity index (χ0n) is 16.3. The Bertz CT molecular complexity index is 999. The summed E-state index contributed by atoms with van der Waals surface area (Å²) >= 11 is 1.23. The van der Waals surface area contributed by atoms with Crippen LogP contribution in [-0.2, 0) is 16.0 Å². The average Bonchev–Trinajstić information content (AvgIpc) is 3.24. The number of carbonyl (C=O) groups excluding carboxylic acids is 2. The van der Waals surface area contributed by atoms with Crippen LogP contribution in [-0.4, -0.2) is 43.1 Å². The first-order valence-corrected chi connectivity index (χ1v) is 10.6. The molecule has 1 saturated heterocycles. The molecule has 0 radical (unpaired) electrons. The van der Waals surface area contributed by atoms with Crippen LogP contribution >= 0.6 is 11.3 Å². The van der Waals surface area contributed by atoms with Crippen molar-refractivity contribution in [3.05, 3.63) is 71.2 Å². The molecule has 8 heteroatoms. The zero-order chi connectivity index (χ0) is 20.8. The molecule has 30 heavy (non-hydrogen) atoms. The first kappa shape index (κ1) is 20.1. The lowest BCUT2D eigenvalue weighted by atomic mass is 10.1. The van der Waals surface area contributed by atoms with E-state index in [1.807, 2.05) is 54.6 Å². The van der Waals surface area contributed by atoms with Crippen molar-refractivity contribution in [2.75, 3.05) is 41.8 Å². The van der Waals surface area contributed by atoms with Crippen molar-refractivity contribution in [3.8, 4) is 0 Å². The van der Waals surface area contributed by atoms with Gasteiger partial charge in [-0.05, 0) is 29.8 Å². The zero-order valence-corrected chi connectivity index (χ0v) is 17.2. The fourth-order valence-corrected chi connectivity index (χ4v) is 3.86. The molecule has 1 aliphatic rings.